The van der Waals surface area contributed by atoms with Crippen LogP contribution in [0.15, 0.2) is 28.9 Å². The van der Waals surface area contributed by atoms with E-state index in [2.05, 4.69) is 44.8 Å². The number of carbonyl (C=O) groups is 1. The van der Waals surface area contributed by atoms with Crippen LogP contribution in [0.3, 0.4) is 0 Å². The summed E-state index contributed by atoms with van der Waals surface area (Å²) in [4.78, 5) is 19.6. The van der Waals surface area contributed by atoms with Gasteiger partial charge in [0.25, 0.3) is 0 Å². The lowest BCUT2D eigenvalue weighted by Crippen LogP contribution is -2.28. The van der Waals surface area contributed by atoms with Gasteiger partial charge in [0.2, 0.25) is 12.2 Å². The van der Waals surface area contributed by atoms with Crippen LogP contribution in [0, 0.1) is 11.8 Å². The molecule has 0 bridgehead atoms. The van der Waals surface area contributed by atoms with Crippen LogP contribution in [-0.2, 0) is 9.53 Å². The number of hydrogen-bond donors (Lipinski definition) is 0. The van der Waals surface area contributed by atoms with Crippen molar-refractivity contribution in [3.63, 3.8) is 0 Å². The van der Waals surface area contributed by atoms with Crippen LogP contribution < -0.4 is 4.90 Å². The van der Waals surface area contributed by atoms with Crippen LogP contribution in [-0.4, -0.2) is 71.6 Å². The molecule has 160 valence electrons. The highest BCUT2D eigenvalue weighted by Crippen LogP contribution is 2.33. The third-order valence-electron chi connectivity index (χ3n) is 5.70. The highest BCUT2D eigenvalue weighted by Gasteiger charge is 2.41. The topological polar surface area (TPSA) is 89.5 Å². The SMILES string of the molecule is CC(C)n1ncc2ccc(-c3noc(N4CC5CN(C=O)CC5C4)n3)cc21.COC. The summed E-state index contributed by atoms with van der Waals surface area (Å²) in [6.45, 7) is 7.58. The molecular weight excluding hydrogens is 384 g/mol. The van der Waals surface area contributed by atoms with Gasteiger partial charge in [0, 0.05) is 69.2 Å². The number of amides is 1. The maximum atomic E-state index is 11.0. The fourth-order valence-corrected chi connectivity index (χ4v) is 4.32. The number of nitrogens with zero attached hydrogens (tertiary/aromatic N) is 6. The largest absolute Gasteiger partial charge is 0.388 e. The number of rotatable bonds is 4. The van der Waals surface area contributed by atoms with Crippen molar-refractivity contribution in [1.82, 2.24) is 24.8 Å². The van der Waals surface area contributed by atoms with E-state index in [0.717, 1.165) is 49.1 Å². The van der Waals surface area contributed by atoms with E-state index in [4.69, 9.17) is 4.52 Å². The van der Waals surface area contributed by atoms with Crippen molar-refractivity contribution in [2.45, 2.75) is 19.9 Å². The van der Waals surface area contributed by atoms with Crippen LogP contribution >= 0.6 is 0 Å². The summed E-state index contributed by atoms with van der Waals surface area (Å²) >= 11 is 0. The van der Waals surface area contributed by atoms with Gasteiger partial charge in [-0.05, 0) is 19.9 Å². The molecule has 2 aromatic heterocycles. The standard InChI is InChI=1S/C19H22N6O2.C2H6O/c1-12(2)25-17-5-13(3-4-14(17)6-20-25)18-21-19(27-22-18)24-9-15-7-23(11-26)8-16(15)10-24;1-3-2/h3-6,11-12,15-16H,7-10H2,1-2H3;1-2H3. The lowest BCUT2D eigenvalue weighted by Gasteiger charge is -2.16. The van der Waals surface area contributed by atoms with Crippen molar-refractivity contribution in [1.29, 1.82) is 0 Å². The molecular formula is C21H28N6O3. The average molecular weight is 412 g/mol. The van der Waals surface area contributed by atoms with Crippen molar-refractivity contribution in [3.05, 3.63) is 24.4 Å². The van der Waals surface area contributed by atoms with Crippen LogP contribution in [0.25, 0.3) is 22.3 Å². The summed E-state index contributed by atoms with van der Waals surface area (Å²) in [6, 6.07) is 6.96. The first-order valence-corrected chi connectivity index (χ1v) is 10.2. The van der Waals surface area contributed by atoms with Crippen molar-refractivity contribution < 1.29 is 14.1 Å². The predicted octanol–water partition coefficient (Wildman–Crippen LogP) is 2.45. The maximum Gasteiger partial charge on any atom is 0.324 e. The molecule has 0 saturated carbocycles. The molecule has 9 nitrogen and oxygen atoms in total. The first-order valence-electron chi connectivity index (χ1n) is 10.2. The molecule has 9 heteroatoms. The van der Waals surface area contributed by atoms with Gasteiger partial charge in [0.1, 0.15) is 0 Å². The molecule has 2 fully saturated rings. The van der Waals surface area contributed by atoms with Crippen LogP contribution in [0.5, 0.6) is 0 Å². The highest BCUT2D eigenvalue weighted by atomic mass is 16.5. The third kappa shape index (κ3) is 3.77. The molecule has 0 aliphatic carbocycles. The number of anilines is 1. The van der Waals surface area contributed by atoms with E-state index in [1.807, 2.05) is 27.9 Å². The molecule has 3 aromatic rings. The second-order valence-electron chi connectivity index (χ2n) is 8.25. The minimum atomic E-state index is 0.286. The summed E-state index contributed by atoms with van der Waals surface area (Å²) in [5.74, 6) is 1.57. The zero-order chi connectivity index (χ0) is 21.3. The molecule has 1 amide bonds. The van der Waals surface area contributed by atoms with Gasteiger partial charge in [-0.15, -0.1) is 0 Å². The first-order chi connectivity index (χ1) is 14.5. The Morgan fingerprint density at radius 3 is 2.50 bits per heavy atom. The van der Waals surface area contributed by atoms with E-state index in [9.17, 15) is 4.79 Å². The normalized spacial score (nSPS) is 20.6. The first kappa shape index (κ1) is 20.3. The monoisotopic (exact) mass is 412 g/mol. The second kappa shape index (κ2) is 8.43. The zero-order valence-electron chi connectivity index (χ0n) is 17.9. The van der Waals surface area contributed by atoms with Crippen molar-refractivity contribution in [3.8, 4) is 11.4 Å². The van der Waals surface area contributed by atoms with Gasteiger partial charge in [-0.3, -0.25) is 9.48 Å². The summed E-state index contributed by atoms with van der Waals surface area (Å²) in [5, 5.41) is 9.76. The van der Waals surface area contributed by atoms with Gasteiger partial charge < -0.3 is 19.1 Å². The summed E-state index contributed by atoms with van der Waals surface area (Å²) in [6.07, 6.45) is 2.83. The van der Waals surface area contributed by atoms with E-state index in [1.165, 1.54) is 0 Å². The molecule has 2 saturated heterocycles. The van der Waals surface area contributed by atoms with Crippen LogP contribution in [0.1, 0.15) is 19.9 Å². The van der Waals surface area contributed by atoms with E-state index in [1.54, 1.807) is 14.2 Å². The number of ether oxygens (including phenoxy) is 1. The summed E-state index contributed by atoms with van der Waals surface area (Å²) in [7, 11) is 3.25. The Balaban J connectivity index is 0.000000687. The Bertz CT molecular complexity index is 999. The molecule has 30 heavy (non-hydrogen) atoms. The number of fused-ring (bicyclic) bond motifs is 2. The quantitative estimate of drug-likeness (QED) is 0.608. The number of methoxy groups -OCH3 is 1. The Labute approximate surface area is 175 Å². The number of benzene rings is 1. The van der Waals surface area contributed by atoms with Crippen LogP contribution in [0.2, 0.25) is 0 Å². The predicted molar refractivity (Wildman–Crippen MR) is 113 cm³/mol. The Morgan fingerprint density at radius 1 is 1.17 bits per heavy atom. The van der Waals surface area contributed by atoms with Crippen molar-refractivity contribution in [2.75, 3.05) is 45.3 Å². The molecule has 0 radical (unpaired) electrons. The lowest BCUT2D eigenvalue weighted by molar-refractivity contribution is -0.117. The second-order valence-corrected chi connectivity index (χ2v) is 8.25. The molecule has 4 heterocycles. The smallest absolute Gasteiger partial charge is 0.324 e. The zero-order valence-corrected chi connectivity index (χ0v) is 17.9. The number of carbonyl (C=O) groups excluding carboxylic acids is 1. The molecule has 2 unspecified atom stereocenters. The number of hydrogen-bond acceptors (Lipinski definition) is 7. The molecule has 0 N–H and O–H groups in total. The van der Waals surface area contributed by atoms with Gasteiger partial charge in [-0.25, -0.2) is 0 Å². The highest BCUT2D eigenvalue weighted by molar-refractivity contribution is 5.83. The van der Waals surface area contributed by atoms with E-state index in [-0.39, 0.29) is 6.04 Å². The van der Waals surface area contributed by atoms with Gasteiger partial charge in [-0.2, -0.15) is 10.1 Å². The Morgan fingerprint density at radius 2 is 1.87 bits per heavy atom. The molecule has 1 aromatic carbocycles. The van der Waals surface area contributed by atoms with Crippen molar-refractivity contribution >= 4 is 23.3 Å². The van der Waals surface area contributed by atoms with Gasteiger partial charge in [0.15, 0.2) is 0 Å². The van der Waals surface area contributed by atoms with E-state index < -0.39 is 0 Å². The van der Waals surface area contributed by atoms with E-state index >= 15 is 0 Å². The fraction of sp³-hybridized carbons (Fsp3) is 0.524. The average Bonchev–Trinajstić information content (AvgIpc) is 3.48. The molecule has 2 aliphatic rings. The van der Waals surface area contributed by atoms with E-state index in [0.29, 0.717) is 23.7 Å². The Hall–Kier alpha value is -2.94. The summed E-state index contributed by atoms with van der Waals surface area (Å²) < 4.78 is 11.8. The molecule has 2 atom stereocenters. The Kier molecular flexibility index (Phi) is 5.72. The molecule has 5 rings (SSSR count). The minimum absolute atomic E-state index is 0.286. The van der Waals surface area contributed by atoms with Crippen LogP contribution in [0.4, 0.5) is 6.01 Å². The third-order valence-corrected chi connectivity index (χ3v) is 5.70. The number of likely N-dealkylation sites (tertiary alicyclic amines) is 1. The van der Waals surface area contributed by atoms with Gasteiger partial charge in [0.05, 0.1) is 11.7 Å². The maximum absolute atomic E-state index is 11.0. The fourth-order valence-electron chi connectivity index (χ4n) is 4.32. The summed E-state index contributed by atoms with van der Waals surface area (Å²) in [5.41, 5.74) is 1.99. The van der Waals surface area contributed by atoms with Crippen molar-refractivity contribution in [2.24, 2.45) is 11.8 Å². The number of aromatic nitrogens is 4. The molecule has 2 aliphatic heterocycles. The lowest BCUT2D eigenvalue weighted by atomic mass is 10.0. The van der Waals surface area contributed by atoms with Gasteiger partial charge >= 0.3 is 6.01 Å². The minimum Gasteiger partial charge on any atom is -0.388 e. The molecule has 0 spiro atoms. The van der Waals surface area contributed by atoms with Gasteiger partial charge in [-0.1, -0.05) is 17.3 Å².